The van der Waals surface area contributed by atoms with Gasteiger partial charge in [-0.15, -0.1) is 4.98 Å². The van der Waals surface area contributed by atoms with Crippen LogP contribution in [0.5, 0.6) is 12.0 Å². The molecule has 0 radical (unpaired) electrons. The van der Waals surface area contributed by atoms with Crippen molar-refractivity contribution in [2.45, 2.75) is 45.6 Å². The van der Waals surface area contributed by atoms with Crippen molar-refractivity contribution in [1.29, 1.82) is 0 Å². The molecular formula is C12H20N4O2. The van der Waals surface area contributed by atoms with Crippen LogP contribution < -0.4 is 15.2 Å². The highest BCUT2D eigenvalue weighted by atomic mass is 16.5. The quantitative estimate of drug-likeness (QED) is 0.879. The number of aromatic nitrogens is 3. The molecule has 0 atom stereocenters. The first kappa shape index (κ1) is 12.9. The van der Waals surface area contributed by atoms with E-state index in [1.807, 2.05) is 6.92 Å². The molecule has 0 aliphatic heterocycles. The maximum Gasteiger partial charge on any atom is 0.324 e. The van der Waals surface area contributed by atoms with Crippen LogP contribution in [-0.4, -0.2) is 27.7 Å². The van der Waals surface area contributed by atoms with Gasteiger partial charge in [-0.2, -0.15) is 9.97 Å². The molecule has 0 spiro atoms. The fourth-order valence-corrected chi connectivity index (χ4v) is 2.10. The van der Waals surface area contributed by atoms with Crippen molar-refractivity contribution in [2.24, 2.45) is 5.92 Å². The van der Waals surface area contributed by atoms with E-state index < -0.39 is 0 Å². The van der Waals surface area contributed by atoms with Crippen LogP contribution in [0.25, 0.3) is 0 Å². The Morgan fingerprint density at radius 1 is 1.11 bits per heavy atom. The fourth-order valence-electron chi connectivity index (χ4n) is 2.10. The van der Waals surface area contributed by atoms with E-state index in [1.54, 1.807) is 0 Å². The van der Waals surface area contributed by atoms with E-state index in [4.69, 9.17) is 15.2 Å². The van der Waals surface area contributed by atoms with E-state index in [-0.39, 0.29) is 24.1 Å². The molecule has 0 bridgehead atoms. The second-order valence-electron chi connectivity index (χ2n) is 4.69. The summed E-state index contributed by atoms with van der Waals surface area (Å²) in [5.41, 5.74) is 5.59. The van der Waals surface area contributed by atoms with E-state index in [9.17, 15) is 0 Å². The lowest BCUT2D eigenvalue weighted by Gasteiger charge is -2.25. The third-order valence-electron chi connectivity index (χ3n) is 3.12. The molecule has 2 N–H and O–H groups in total. The molecule has 1 saturated carbocycles. The van der Waals surface area contributed by atoms with Crippen LogP contribution in [0.1, 0.15) is 39.5 Å². The standard InChI is InChI=1S/C12H20N4O2/c1-3-17-11-14-10(13)15-12(16-11)18-9-6-4-8(2)5-7-9/h8-9H,3-7H2,1-2H3,(H2,13,14,15,16). The van der Waals surface area contributed by atoms with Crippen molar-refractivity contribution in [3.63, 3.8) is 0 Å². The van der Waals surface area contributed by atoms with Crippen molar-refractivity contribution >= 4 is 5.95 Å². The third-order valence-corrected chi connectivity index (χ3v) is 3.12. The Morgan fingerprint density at radius 2 is 1.78 bits per heavy atom. The minimum absolute atomic E-state index is 0.132. The Kier molecular flexibility index (Phi) is 4.17. The number of nitrogen functional groups attached to an aromatic ring is 1. The number of nitrogens with zero attached hydrogens (tertiary/aromatic N) is 3. The Labute approximate surface area is 107 Å². The highest BCUT2D eigenvalue weighted by Crippen LogP contribution is 2.26. The summed E-state index contributed by atoms with van der Waals surface area (Å²) >= 11 is 0. The van der Waals surface area contributed by atoms with Crippen LogP contribution >= 0.6 is 0 Å². The SMILES string of the molecule is CCOc1nc(N)nc(OC2CCC(C)CC2)n1. The Morgan fingerprint density at radius 3 is 2.44 bits per heavy atom. The molecule has 100 valence electrons. The maximum atomic E-state index is 5.75. The first-order chi connectivity index (χ1) is 8.67. The third kappa shape index (κ3) is 3.45. The van der Waals surface area contributed by atoms with Gasteiger partial charge >= 0.3 is 12.0 Å². The first-order valence-corrected chi connectivity index (χ1v) is 6.48. The smallest absolute Gasteiger partial charge is 0.324 e. The van der Waals surface area contributed by atoms with Gasteiger partial charge in [0.1, 0.15) is 6.10 Å². The topological polar surface area (TPSA) is 83.2 Å². The summed E-state index contributed by atoms with van der Waals surface area (Å²) in [5.74, 6) is 0.917. The van der Waals surface area contributed by atoms with Crippen LogP contribution in [0.2, 0.25) is 0 Å². The van der Waals surface area contributed by atoms with Crippen LogP contribution in [-0.2, 0) is 0 Å². The summed E-state index contributed by atoms with van der Waals surface area (Å²) in [6, 6.07) is 0.495. The lowest BCUT2D eigenvalue weighted by molar-refractivity contribution is 0.122. The highest BCUT2D eigenvalue weighted by Gasteiger charge is 2.21. The largest absolute Gasteiger partial charge is 0.464 e. The van der Waals surface area contributed by atoms with Gasteiger partial charge in [-0.05, 0) is 38.5 Å². The van der Waals surface area contributed by atoms with Gasteiger partial charge in [0.05, 0.1) is 6.61 Å². The zero-order valence-corrected chi connectivity index (χ0v) is 10.9. The number of hydrogen-bond donors (Lipinski definition) is 1. The van der Waals surface area contributed by atoms with Crippen molar-refractivity contribution < 1.29 is 9.47 Å². The minimum atomic E-state index is 0.132. The highest BCUT2D eigenvalue weighted by molar-refractivity contribution is 5.20. The van der Waals surface area contributed by atoms with Gasteiger partial charge in [0.25, 0.3) is 0 Å². The summed E-state index contributed by atoms with van der Waals surface area (Å²) in [7, 11) is 0. The van der Waals surface area contributed by atoms with Gasteiger partial charge in [0, 0.05) is 0 Å². The predicted molar refractivity (Wildman–Crippen MR) is 67.5 cm³/mol. The molecule has 0 unspecified atom stereocenters. The maximum absolute atomic E-state index is 5.75. The molecule has 1 aromatic heterocycles. The second kappa shape index (κ2) is 5.84. The molecule has 1 aliphatic carbocycles. The Hall–Kier alpha value is -1.59. The zero-order valence-electron chi connectivity index (χ0n) is 10.9. The van der Waals surface area contributed by atoms with Crippen LogP contribution in [0.15, 0.2) is 0 Å². The normalized spacial score (nSPS) is 23.7. The van der Waals surface area contributed by atoms with E-state index in [1.165, 1.54) is 12.8 Å². The molecule has 0 saturated heterocycles. The molecule has 1 aliphatic rings. The average Bonchev–Trinajstić information content (AvgIpc) is 2.32. The molecular weight excluding hydrogens is 232 g/mol. The first-order valence-electron chi connectivity index (χ1n) is 6.48. The van der Waals surface area contributed by atoms with Gasteiger partial charge < -0.3 is 15.2 Å². The summed E-state index contributed by atoms with van der Waals surface area (Å²) < 4.78 is 11.0. The number of ether oxygens (including phenoxy) is 2. The fraction of sp³-hybridized carbons (Fsp3) is 0.750. The second-order valence-corrected chi connectivity index (χ2v) is 4.69. The number of hydrogen-bond acceptors (Lipinski definition) is 6. The Balaban J connectivity index is 2.00. The van der Waals surface area contributed by atoms with Gasteiger partial charge in [0.15, 0.2) is 0 Å². The van der Waals surface area contributed by atoms with E-state index in [0.717, 1.165) is 18.8 Å². The summed E-state index contributed by atoms with van der Waals surface area (Å²) in [6.45, 7) is 4.62. The lowest BCUT2D eigenvalue weighted by Crippen LogP contribution is -2.24. The monoisotopic (exact) mass is 252 g/mol. The van der Waals surface area contributed by atoms with E-state index in [0.29, 0.717) is 6.61 Å². The number of rotatable bonds is 4. The summed E-state index contributed by atoms with van der Waals surface area (Å²) in [5, 5.41) is 0. The number of anilines is 1. The Bertz CT molecular complexity index is 392. The molecule has 6 heteroatoms. The van der Waals surface area contributed by atoms with Gasteiger partial charge in [-0.1, -0.05) is 6.92 Å². The van der Waals surface area contributed by atoms with Crippen LogP contribution in [0, 0.1) is 5.92 Å². The average molecular weight is 252 g/mol. The zero-order chi connectivity index (χ0) is 13.0. The van der Waals surface area contributed by atoms with Crippen LogP contribution in [0.3, 0.4) is 0 Å². The molecule has 1 fully saturated rings. The van der Waals surface area contributed by atoms with Crippen LogP contribution in [0.4, 0.5) is 5.95 Å². The molecule has 6 nitrogen and oxygen atoms in total. The van der Waals surface area contributed by atoms with Crippen molar-refractivity contribution in [2.75, 3.05) is 12.3 Å². The lowest BCUT2D eigenvalue weighted by atomic mass is 9.89. The van der Waals surface area contributed by atoms with Crippen molar-refractivity contribution in [1.82, 2.24) is 15.0 Å². The molecule has 2 rings (SSSR count). The van der Waals surface area contributed by atoms with Crippen molar-refractivity contribution in [3.05, 3.63) is 0 Å². The van der Waals surface area contributed by atoms with Gasteiger partial charge in [-0.25, -0.2) is 0 Å². The minimum Gasteiger partial charge on any atom is -0.464 e. The predicted octanol–water partition coefficient (Wildman–Crippen LogP) is 1.81. The van der Waals surface area contributed by atoms with E-state index >= 15 is 0 Å². The summed E-state index contributed by atoms with van der Waals surface area (Å²) in [6.07, 6.45) is 4.62. The number of nitrogens with two attached hydrogens (primary N) is 1. The molecule has 1 heterocycles. The van der Waals surface area contributed by atoms with Gasteiger partial charge in [-0.3, -0.25) is 0 Å². The summed E-state index contributed by atoms with van der Waals surface area (Å²) in [4.78, 5) is 12.0. The molecule has 0 amide bonds. The molecule has 1 aromatic rings. The van der Waals surface area contributed by atoms with E-state index in [2.05, 4.69) is 21.9 Å². The molecule has 18 heavy (non-hydrogen) atoms. The van der Waals surface area contributed by atoms with Gasteiger partial charge in [0.2, 0.25) is 5.95 Å². The molecule has 0 aromatic carbocycles. The van der Waals surface area contributed by atoms with Crippen molar-refractivity contribution in [3.8, 4) is 12.0 Å².